The standard InChI is InChI=1S/C22H26N2O3S/c1-3-24(19-10-11-28(26,27)14-19)22(25)15(2)23-18-8-9-21-17(13-18)12-16-6-4-5-7-20(16)21/h4-9,13,15,19,23H,3,10-12,14H2,1-2H3/t15-,19-/m1/s1. The van der Waals surface area contributed by atoms with Crippen molar-refractivity contribution in [1.82, 2.24) is 4.90 Å². The third-order valence-electron chi connectivity index (χ3n) is 5.82. The summed E-state index contributed by atoms with van der Waals surface area (Å²) >= 11 is 0. The highest BCUT2D eigenvalue weighted by atomic mass is 32.2. The fourth-order valence-corrected chi connectivity index (χ4v) is 6.14. The van der Waals surface area contributed by atoms with Crippen molar-refractivity contribution in [3.05, 3.63) is 53.6 Å². The maximum absolute atomic E-state index is 13.0. The molecule has 1 fully saturated rings. The Hall–Kier alpha value is -2.34. The molecule has 1 heterocycles. The first-order valence-corrected chi connectivity index (χ1v) is 11.7. The van der Waals surface area contributed by atoms with Crippen LogP contribution in [0.2, 0.25) is 0 Å². The highest BCUT2D eigenvalue weighted by Gasteiger charge is 2.35. The second-order valence-corrected chi connectivity index (χ2v) is 9.98. The Balaban J connectivity index is 1.47. The number of nitrogens with zero attached hydrogens (tertiary/aromatic N) is 1. The number of hydrogen-bond donors (Lipinski definition) is 1. The molecule has 4 rings (SSSR count). The minimum absolute atomic E-state index is 0.0478. The second-order valence-electron chi connectivity index (χ2n) is 7.75. The minimum Gasteiger partial charge on any atom is -0.374 e. The summed E-state index contributed by atoms with van der Waals surface area (Å²) in [5, 5.41) is 3.32. The maximum atomic E-state index is 13.0. The van der Waals surface area contributed by atoms with Crippen molar-refractivity contribution in [1.29, 1.82) is 0 Å². The molecule has 0 unspecified atom stereocenters. The zero-order valence-corrected chi connectivity index (χ0v) is 17.1. The van der Waals surface area contributed by atoms with Crippen LogP contribution in [-0.4, -0.2) is 49.4 Å². The molecule has 2 aliphatic rings. The van der Waals surface area contributed by atoms with Crippen molar-refractivity contribution < 1.29 is 13.2 Å². The Labute approximate surface area is 166 Å². The van der Waals surface area contributed by atoms with Gasteiger partial charge in [0.1, 0.15) is 6.04 Å². The van der Waals surface area contributed by atoms with Crippen molar-refractivity contribution in [3.8, 4) is 11.1 Å². The van der Waals surface area contributed by atoms with Crippen LogP contribution in [0.5, 0.6) is 0 Å². The predicted molar refractivity (Wildman–Crippen MR) is 112 cm³/mol. The lowest BCUT2D eigenvalue weighted by atomic mass is 10.1. The van der Waals surface area contributed by atoms with Gasteiger partial charge < -0.3 is 10.2 Å². The molecule has 0 aromatic heterocycles. The SMILES string of the molecule is CCN(C(=O)[C@@H](C)Nc1ccc2c(c1)Cc1ccccc1-2)[C@@H]1CCS(=O)(=O)C1. The molecule has 0 bridgehead atoms. The van der Waals surface area contributed by atoms with E-state index in [0.29, 0.717) is 13.0 Å². The number of sulfone groups is 1. The zero-order valence-electron chi connectivity index (χ0n) is 16.3. The Kier molecular flexibility index (Phi) is 4.91. The first kappa shape index (κ1) is 19.0. The number of nitrogens with one attached hydrogen (secondary N) is 1. The van der Waals surface area contributed by atoms with Crippen molar-refractivity contribution in [2.45, 2.75) is 38.8 Å². The number of hydrogen-bond acceptors (Lipinski definition) is 4. The Morgan fingerprint density at radius 3 is 2.64 bits per heavy atom. The number of rotatable bonds is 5. The molecule has 2 aromatic rings. The van der Waals surface area contributed by atoms with Gasteiger partial charge in [-0.1, -0.05) is 30.3 Å². The summed E-state index contributed by atoms with van der Waals surface area (Å²) in [6, 6.07) is 14.1. The minimum atomic E-state index is -3.02. The molecular formula is C22H26N2O3S. The smallest absolute Gasteiger partial charge is 0.245 e. The molecule has 1 N–H and O–H groups in total. The zero-order chi connectivity index (χ0) is 19.9. The van der Waals surface area contributed by atoms with E-state index in [1.807, 2.05) is 19.9 Å². The van der Waals surface area contributed by atoms with Crippen LogP contribution < -0.4 is 5.32 Å². The first-order chi connectivity index (χ1) is 13.4. The van der Waals surface area contributed by atoms with E-state index in [-0.39, 0.29) is 23.5 Å². The summed E-state index contributed by atoms with van der Waals surface area (Å²) < 4.78 is 23.6. The van der Waals surface area contributed by atoms with E-state index < -0.39 is 15.9 Å². The van der Waals surface area contributed by atoms with E-state index in [2.05, 4.69) is 41.7 Å². The average Bonchev–Trinajstić information content (AvgIpc) is 3.21. The van der Waals surface area contributed by atoms with E-state index in [9.17, 15) is 13.2 Å². The van der Waals surface area contributed by atoms with Gasteiger partial charge >= 0.3 is 0 Å². The van der Waals surface area contributed by atoms with Crippen LogP contribution in [0.15, 0.2) is 42.5 Å². The lowest BCUT2D eigenvalue weighted by Gasteiger charge is -2.30. The van der Waals surface area contributed by atoms with E-state index in [4.69, 9.17) is 0 Å². The molecule has 0 spiro atoms. The Morgan fingerprint density at radius 1 is 1.18 bits per heavy atom. The van der Waals surface area contributed by atoms with Crippen molar-refractivity contribution >= 4 is 21.4 Å². The molecule has 1 aliphatic carbocycles. The lowest BCUT2D eigenvalue weighted by Crippen LogP contribution is -2.47. The molecule has 5 nitrogen and oxygen atoms in total. The number of carbonyl (C=O) groups is 1. The van der Waals surface area contributed by atoms with Gasteiger partial charge in [-0.05, 0) is 61.1 Å². The van der Waals surface area contributed by atoms with E-state index in [1.54, 1.807) is 4.90 Å². The third kappa shape index (κ3) is 3.53. The fourth-order valence-electron chi connectivity index (χ4n) is 4.41. The number of likely N-dealkylation sites (N-methyl/N-ethyl adjacent to an activating group) is 1. The molecule has 2 atom stereocenters. The van der Waals surface area contributed by atoms with E-state index in [0.717, 1.165) is 12.1 Å². The normalized spacial score (nSPS) is 20.3. The van der Waals surface area contributed by atoms with Crippen molar-refractivity contribution in [2.24, 2.45) is 0 Å². The number of anilines is 1. The molecule has 28 heavy (non-hydrogen) atoms. The monoisotopic (exact) mass is 398 g/mol. The average molecular weight is 399 g/mol. The molecule has 1 amide bonds. The highest BCUT2D eigenvalue weighted by Crippen LogP contribution is 2.37. The molecule has 0 radical (unpaired) electrons. The molecule has 2 aromatic carbocycles. The van der Waals surface area contributed by atoms with Gasteiger partial charge in [0.15, 0.2) is 9.84 Å². The second kappa shape index (κ2) is 7.24. The maximum Gasteiger partial charge on any atom is 0.245 e. The summed E-state index contributed by atoms with van der Waals surface area (Å²) in [4.78, 5) is 14.7. The van der Waals surface area contributed by atoms with Crippen LogP contribution in [0, 0.1) is 0 Å². The predicted octanol–water partition coefficient (Wildman–Crippen LogP) is 3.09. The summed E-state index contributed by atoms with van der Waals surface area (Å²) in [6.45, 7) is 4.27. The van der Waals surface area contributed by atoms with Crippen LogP contribution in [0.4, 0.5) is 5.69 Å². The summed E-state index contributed by atoms with van der Waals surface area (Å²) in [6.07, 6.45) is 1.44. The Bertz CT molecular complexity index is 1020. The number of carbonyl (C=O) groups excluding carboxylic acids is 1. The molecule has 1 aliphatic heterocycles. The number of fused-ring (bicyclic) bond motifs is 3. The van der Waals surface area contributed by atoms with Crippen LogP contribution in [0.3, 0.4) is 0 Å². The topological polar surface area (TPSA) is 66.5 Å². The van der Waals surface area contributed by atoms with Gasteiger partial charge in [-0.2, -0.15) is 0 Å². The van der Waals surface area contributed by atoms with Crippen molar-refractivity contribution in [2.75, 3.05) is 23.4 Å². The van der Waals surface area contributed by atoms with Gasteiger partial charge in [0, 0.05) is 18.3 Å². The van der Waals surface area contributed by atoms with Gasteiger partial charge in [0.25, 0.3) is 0 Å². The highest BCUT2D eigenvalue weighted by molar-refractivity contribution is 7.91. The molecule has 6 heteroatoms. The van der Waals surface area contributed by atoms with Crippen LogP contribution >= 0.6 is 0 Å². The first-order valence-electron chi connectivity index (χ1n) is 9.86. The quantitative estimate of drug-likeness (QED) is 0.717. The van der Waals surface area contributed by atoms with E-state index in [1.165, 1.54) is 22.3 Å². The summed E-state index contributed by atoms with van der Waals surface area (Å²) in [7, 11) is -3.02. The van der Waals surface area contributed by atoms with Gasteiger partial charge in [0.05, 0.1) is 11.5 Å². The van der Waals surface area contributed by atoms with Crippen LogP contribution in [0.1, 0.15) is 31.4 Å². The number of amides is 1. The van der Waals surface area contributed by atoms with E-state index >= 15 is 0 Å². The van der Waals surface area contributed by atoms with Gasteiger partial charge in [0.2, 0.25) is 5.91 Å². The lowest BCUT2D eigenvalue weighted by molar-refractivity contribution is -0.133. The van der Waals surface area contributed by atoms with Gasteiger partial charge in [-0.15, -0.1) is 0 Å². The summed E-state index contributed by atoms with van der Waals surface area (Å²) in [5.74, 6) is 0.207. The Morgan fingerprint density at radius 2 is 1.93 bits per heavy atom. The van der Waals surface area contributed by atoms with Gasteiger partial charge in [-0.3, -0.25) is 4.79 Å². The molecular weight excluding hydrogens is 372 g/mol. The largest absolute Gasteiger partial charge is 0.374 e. The van der Waals surface area contributed by atoms with Gasteiger partial charge in [-0.25, -0.2) is 8.42 Å². The van der Waals surface area contributed by atoms with Crippen LogP contribution in [0.25, 0.3) is 11.1 Å². The third-order valence-corrected chi connectivity index (χ3v) is 7.57. The summed E-state index contributed by atoms with van der Waals surface area (Å²) in [5.41, 5.74) is 6.06. The van der Waals surface area contributed by atoms with Crippen molar-refractivity contribution in [3.63, 3.8) is 0 Å². The molecule has 1 saturated heterocycles. The molecule has 0 saturated carbocycles. The van der Waals surface area contributed by atoms with Crippen LogP contribution in [-0.2, 0) is 21.1 Å². The fraction of sp³-hybridized carbons (Fsp3) is 0.409. The molecule has 148 valence electrons. The number of benzene rings is 2.